The Balaban J connectivity index is 4.27. The summed E-state index contributed by atoms with van der Waals surface area (Å²) in [6, 6.07) is 0. The van der Waals surface area contributed by atoms with Gasteiger partial charge in [-0.25, -0.2) is 0 Å². The van der Waals surface area contributed by atoms with Crippen molar-refractivity contribution in [1.29, 1.82) is 0 Å². The summed E-state index contributed by atoms with van der Waals surface area (Å²) in [6.07, 6.45) is 93.9. The van der Waals surface area contributed by atoms with Gasteiger partial charge in [-0.05, 0) is 103 Å². The van der Waals surface area contributed by atoms with E-state index in [0.29, 0.717) is 19.3 Å². The fraction of sp³-hybridized carbons (Fsp3) is 0.720. The monoisotopic (exact) mass is 1120 g/mol. The van der Waals surface area contributed by atoms with Crippen LogP contribution >= 0.6 is 0 Å². The molecule has 0 rings (SSSR count). The van der Waals surface area contributed by atoms with Crippen LogP contribution in [0.25, 0.3) is 0 Å². The van der Waals surface area contributed by atoms with Crippen molar-refractivity contribution in [2.24, 2.45) is 0 Å². The number of carbonyl (C=O) groups is 3. The Hall–Kier alpha value is -3.93. The van der Waals surface area contributed by atoms with Crippen molar-refractivity contribution in [1.82, 2.24) is 0 Å². The summed E-state index contributed by atoms with van der Waals surface area (Å²) in [5.74, 6) is -0.877. The van der Waals surface area contributed by atoms with Gasteiger partial charge < -0.3 is 14.2 Å². The number of carbonyl (C=O) groups excluding carboxylic acids is 3. The summed E-state index contributed by atoms with van der Waals surface area (Å²) in [6.45, 7) is 6.44. The van der Waals surface area contributed by atoms with E-state index >= 15 is 0 Å². The largest absolute Gasteiger partial charge is 0.462 e. The Morgan fingerprint density at radius 1 is 0.259 bits per heavy atom. The molecule has 0 N–H and O–H groups in total. The van der Waals surface area contributed by atoms with Crippen LogP contribution in [0, 0.1) is 0 Å². The van der Waals surface area contributed by atoms with Gasteiger partial charge in [0.15, 0.2) is 6.10 Å². The predicted octanol–water partition coefficient (Wildman–Crippen LogP) is 23.8. The number of rotatable bonds is 62. The number of esters is 3. The van der Waals surface area contributed by atoms with E-state index < -0.39 is 6.10 Å². The molecule has 0 heterocycles. The molecule has 0 saturated carbocycles. The molecule has 0 aliphatic heterocycles. The van der Waals surface area contributed by atoms with Crippen LogP contribution in [0.3, 0.4) is 0 Å². The molecule has 6 heteroatoms. The fourth-order valence-electron chi connectivity index (χ4n) is 9.70. The summed E-state index contributed by atoms with van der Waals surface area (Å²) in [5, 5.41) is 0. The fourth-order valence-corrected chi connectivity index (χ4v) is 9.70. The van der Waals surface area contributed by atoms with E-state index in [2.05, 4.69) is 130 Å². The van der Waals surface area contributed by atoms with Crippen molar-refractivity contribution in [2.45, 2.75) is 335 Å². The SMILES string of the molecule is CC/C=C\C/C=C\C/C=C\C/C=C\C/C=C\C/C=C\CCCCCCCCCCCCCCC(=O)OCC(COC(=O)CCCCCCCCCCCCCCCCC)OC(=O)CCCCCCCCC/C=C\C/C=C\C/C=C\CC. The molecule has 0 aromatic rings. The third-order valence-electron chi connectivity index (χ3n) is 14.8. The first-order valence-electron chi connectivity index (χ1n) is 34.4. The molecule has 1 atom stereocenters. The van der Waals surface area contributed by atoms with Crippen LogP contribution in [0.15, 0.2) is 109 Å². The lowest BCUT2D eigenvalue weighted by Gasteiger charge is -2.18. The first-order valence-corrected chi connectivity index (χ1v) is 34.4. The van der Waals surface area contributed by atoms with Crippen LogP contribution < -0.4 is 0 Å². The Bertz CT molecular complexity index is 1620. The molecule has 0 spiro atoms. The summed E-state index contributed by atoms with van der Waals surface area (Å²) < 4.78 is 17.0. The quantitative estimate of drug-likeness (QED) is 0.0261. The van der Waals surface area contributed by atoms with Crippen molar-refractivity contribution in [2.75, 3.05) is 13.2 Å². The second kappa shape index (κ2) is 68.6. The molecule has 0 radical (unpaired) electrons. The second-order valence-corrected chi connectivity index (χ2v) is 22.7. The highest BCUT2D eigenvalue weighted by molar-refractivity contribution is 5.71. The summed E-state index contributed by atoms with van der Waals surface area (Å²) >= 11 is 0. The molecule has 0 aliphatic carbocycles. The van der Waals surface area contributed by atoms with Crippen LogP contribution in [0.5, 0.6) is 0 Å². The molecule has 1 unspecified atom stereocenters. The predicted molar refractivity (Wildman–Crippen MR) is 353 cm³/mol. The van der Waals surface area contributed by atoms with Gasteiger partial charge in [-0.2, -0.15) is 0 Å². The summed E-state index contributed by atoms with van der Waals surface area (Å²) in [7, 11) is 0. The average Bonchev–Trinajstić information content (AvgIpc) is 3.47. The minimum absolute atomic E-state index is 0.0792. The van der Waals surface area contributed by atoms with E-state index in [9.17, 15) is 14.4 Å². The maximum atomic E-state index is 12.9. The molecule has 0 bridgehead atoms. The van der Waals surface area contributed by atoms with E-state index in [0.717, 1.165) is 122 Å². The number of hydrogen-bond donors (Lipinski definition) is 0. The van der Waals surface area contributed by atoms with Gasteiger partial charge in [0, 0.05) is 19.3 Å². The lowest BCUT2D eigenvalue weighted by molar-refractivity contribution is -0.167. The van der Waals surface area contributed by atoms with Crippen molar-refractivity contribution >= 4 is 17.9 Å². The van der Waals surface area contributed by atoms with Crippen molar-refractivity contribution in [3.8, 4) is 0 Å². The first-order chi connectivity index (χ1) is 40.0. The molecule has 6 nitrogen and oxygen atoms in total. The highest BCUT2D eigenvalue weighted by atomic mass is 16.6. The Labute approximate surface area is 501 Å². The van der Waals surface area contributed by atoms with Gasteiger partial charge in [0.25, 0.3) is 0 Å². The molecule has 0 amide bonds. The standard InChI is InChI=1S/C75H128O6/c1-4-7-10-13-16-19-22-25-28-30-31-32-33-34-35-36-37-38-39-40-41-42-43-45-47-50-53-56-59-62-65-68-74(77)80-71-72(70-79-73(76)67-64-61-58-55-52-49-46-27-24-21-18-15-12-9-6-3)81-75(78)69-66-63-60-57-54-51-48-44-29-26-23-20-17-14-11-8-5-2/h7-8,10-11,16-17,19-20,25-26,28-29,31-32,34-35,37-38,72H,4-6,9,12-15,18,21-24,27,30,33,36,39-71H2,1-3H3/b10-7-,11-8-,19-16-,20-17-,28-25-,29-26-,32-31-,35-34-,38-37-. The maximum absolute atomic E-state index is 12.9. The van der Waals surface area contributed by atoms with Gasteiger partial charge in [-0.1, -0.05) is 316 Å². The van der Waals surface area contributed by atoms with E-state index in [1.807, 2.05) is 0 Å². The topological polar surface area (TPSA) is 78.9 Å². The van der Waals surface area contributed by atoms with Crippen LogP contribution in [0.1, 0.15) is 329 Å². The van der Waals surface area contributed by atoms with Crippen molar-refractivity contribution < 1.29 is 28.6 Å². The van der Waals surface area contributed by atoms with Gasteiger partial charge in [0.05, 0.1) is 0 Å². The zero-order valence-electron chi connectivity index (χ0n) is 53.3. The van der Waals surface area contributed by atoms with E-state index in [1.54, 1.807) is 0 Å². The number of allylic oxidation sites excluding steroid dienone is 18. The maximum Gasteiger partial charge on any atom is 0.306 e. The summed E-state index contributed by atoms with van der Waals surface area (Å²) in [5.41, 5.74) is 0. The molecule has 0 aromatic heterocycles. The van der Waals surface area contributed by atoms with Crippen LogP contribution in [0.2, 0.25) is 0 Å². The van der Waals surface area contributed by atoms with Gasteiger partial charge in [0.1, 0.15) is 13.2 Å². The molecular weight excluding hydrogens is 997 g/mol. The first kappa shape index (κ1) is 77.1. The molecule has 0 aliphatic rings. The zero-order valence-corrected chi connectivity index (χ0v) is 53.3. The van der Waals surface area contributed by atoms with Gasteiger partial charge in [0.2, 0.25) is 0 Å². The molecule has 0 fully saturated rings. The minimum Gasteiger partial charge on any atom is -0.462 e. The van der Waals surface area contributed by atoms with Gasteiger partial charge in [-0.3, -0.25) is 14.4 Å². The highest BCUT2D eigenvalue weighted by Gasteiger charge is 2.19. The number of unbranched alkanes of at least 4 members (excludes halogenated alkanes) is 33. The van der Waals surface area contributed by atoms with Crippen molar-refractivity contribution in [3.63, 3.8) is 0 Å². The molecular formula is C75H128O6. The zero-order chi connectivity index (χ0) is 58.5. The molecule has 464 valence electrons. The van der Waals surface area contributed by atoms with E-state index in [4.69, 9.17) is 14.2 Å². The van der Waals surface area contributed by atoms with Crippen molar-refractivity contribution in [3.05, 3.63) is 109 Å². The van der Waals surface area contributed by atoms with Crippen LogP contribution in [-0.2, 0) is 28.6 Å². The lowest BCUT2D eigenvalue weighted by atomic mass is 10.0. The number of ether oxygens (including phenoxy) is 3. The van der Waals surface area contributed by atoms with Crippen LogP contribution in [-0.4, -0.2) is 37.2 Å². The molecule has 81 heavy (non-hydrogen) atoms. The van der Waals surface area contributed by atoms with E-state index in [-0.39, 0.29) is 31.1 Å². The third-order valence-corrected chi connectivity index (χ3v) is 14.8. The third kappa shape index (κ3) is 66.8. The Morgan fingerprint density at radius 2 is 0.481 bits per heavy atom. The second-order valence-electron chi connectivity index (χ2n) is 22.7. The highest BCUT2D eigenvalue weighted by Crippen LogP contribution is 2.17. The molecule has 0 aromatic carbocycles. The lowest BCUT2D eigenvalue weighted by Crippen LogP contribution is -2.30. The normalized spacial score (nSPS) is 12.8. The number of hydrogen-bond acceptors (Lipinski definition) is 6. The summed E-state index contributed by atoms with van der Waals surface area (Å²) in [4.78, 5) is 38.4. The smallest absolute Gasteiger partial charge is 0.306 e. The van der Waals surface area contributed by atoms with E-state index in [1.165, 1.54) is 167 Å². The Kier molecular flexibility index (Phi) is 65.2. The molecule has 0 saturated heterocycles. The Morgan fingerprint density at radius 3 is 0.753 bits per heavy atom. The average molecular weight is 1130 g/mol. The van der Waals surface area contributed by atoms with Gasteiger partial charge in [-0.15, -0.1) is 0 Å². The minimum atomic E-state index is -0.784. The van der Waals surface area contributed by atoms with Gasteiger partial charge >= 0.3 is 17.9 Å². The van der Waals surface area contributed by atoms with Crippen LogP contribution in [0.4, 0.5) is 0 Å².